The zero-order valence-electron chi connectivity index (χ0n) is 7.07. The summed E-state index contributed by atoms with van der Waals surface area (Å²) in [7, 11) is 0. The Labute approximate surface area is 79.4 Å². The fraction of sp³-hybridized carbons (Fsp3) is 0.111. The Kier molecular flexibility index (Phi) is 1.98. The quantitative estimate of drug-likeness (QED) is 0.742. The van der Waals surface area contributed by atoms with E-state index in [2.05, 4.69) is 9.97 Å². The maximum absolute atomic E-state index is 10.4. The van der Waals surface area contributed by atoms with E-state index in [1.165, 1.54) is 4.88 Å². The molecule has 0 aromatic carbocycles. The lowest BCUT2D eigenvalue weighted by Gasteiger charge is -1.85. The van der Waals surface area contributed by atoms with Crippen molar-refractivity contribution in [3.05, 3.63) is 29.0 Å². The average molecular weight is 192 g/mol. The van der Waals surface area contributed by atoms with Crippen LogP contribution in [0.3, 0.4) is 0 Å². The molecule has 66 valence electrons. The normalized spacial score (nSPS) is 10.2. The second-order valence-electron chi connectivity index (χ2n) is 2.70. The molecule has 2 aromatic heterocycles. The first-order chi connectivity index (χ1) is 6.29. The number of aryl methyl sites for hydroxylation is 1. The minimum absolute atomic E-state index is 0.376. The molecule has 0 unspecified atom stereocenters. The number of H-pyrrole nitrogens is 1. The molecule has 0 aliphatic heterocycles. The molecule has 3 nitrogen and oxygen atoms in total. The number of rotatable bonds is 2. The van der Waals surface area contributed by atoms with Crippen LogP contribution < -0.4 is 0 Å². The molecule has 0 bridgehead atoms. The SMILES string of the molecule is Cc1ccc(-c2c[nH]c(C=O)n2)s1. The summed E-state index contributed by atoms with van der Waals surface area (Å²) in [6.45, 7) is 2.04. The fourth-order valence-electron chi connectivity index (χ4n) is 1.10. The molecule has 0 atom stereocenters. The minimum atomic E-state index is 0.376. The van der Waals surface area contributed by atoms with E-state index in [9.17, 15) is 4.79 Å². The van der Waals surface area contributed by atoms with Gasteiger partial charge in [-0.3, -0.25) is 4.79 Å². The van der Waals surface area contributed by atoms with Crippen LogP contribution in [0.1, 0.15) is 15.5 Å². The average Bonchev–Trinajstić information content (AvgIpc) is 2.71. The van der Waals surface area contributed by atoms with Gasteiger partial charge < -0.3 is 4.98 Å². The van der Waals surface area contributed by atoms with Crippen LogP contribution in [0.2, 0.25) is 0 Å². The van der Waals surface area contributed by atoms with E-state index >= 15 is 0 Å². The number of hydrogen-bond donors (Lipinski definition) is 1. The van der Waals surface area contributed by atoms with Crippen LogP contribution >= 0.6 is 11.3 Å². The number of thiophene rings is 1. The van der Waals surface area contributed by atoms with Crippen LogP contribution in [0.4, 0.5) is 0 Å². The van der Waals surface area contributed by atoms with E-state index in [0.29, 0.717) is 12.1 Å². The number of hydrogen-bond acceptors (Lipinski definition) is 3. The van der Waals surface area contributed by atoms with Gasteiger partial charge in [0.05, 0.1) is 10.6 Å². The van der Waals surface area contributed by atoms with Crippen molar-refractivity contribution in [2.45, 2.75) is 6.92 Å². The lowest BCUT2D eigenvalue weighted by Crippen LogP contribution is -1.80. The van der Waals surface area contributed by atoms with Gasteiger partial charge in [-0.15, -0.1) is 11.3 Å². The molecule has 0 aliphatic rings. The van der Waals surface area contributed by atoms with Crippen molar-refractivity contribution in [3.8, 4) is 10.6 Å². The Morgan fingerprint density at radius 3 is 2.92 bits per heavy atom. The van der Waals surface area contributed by atoms with Crippen molar-refractivity contribution in [2.24, 2.45) is 0 Å². The number of carbonyl (C=O) groups excluding carboxylic acids is 1. The van der Waals surface area contributed by atoms with E-state index in [1.54, 1.807) is 17.5 Å². The van der Waals surface area contributed by atoms with Gasteiger partial charge in [-0.2, -0.15) is 0 Å². The van der Waals surface area contributed by atoms with E-state index < -0.39 is 0 Å². The standard InChI is InChI=1S/C9H8N2OS/c1-6-2-3-8(13-6)7-4-10-9(5-12)11-7/h2-5H,1H3,(H,10,11). The molecule has 1 N–H and O–H groups in total. The smallest absolute Gasteiger partial charge is 0.185 e. The fourth-order valence-corrected chi connectivity index (χ4v) is 1.92. The summed E-state index contributed by atoms with van der Waals surface area (Å²) >= 11 is 1.67. The summed E-state index contributed by atoms with van der Waals surface area (Å²) in [5.41, 5.74) is 0.834. The predicted molar refractivity (Wildman–Crippen MR) is 52.0 cm³/mol. The molecule has 0 fully saturated rings. The number of aromatic nitrogens is 2. The largest absolute Gasteiger partial charge is 0.342 e. The molecule has 13 heavy (non-hydrogen) atoms. The highest BCUT2D eigenvalue weighted by molar-refractivity contribution is 7.15. The Balaban J connectivity index is 2.40. The van der Waals surface area contributed by atoms with E-state index in [0.717, 1.165) is 10.6 Å². The van der Waals surface area contributed by atoms with Crippen LogP contribution in [0.5, 0.6) is 0 Å². The van der Waals surface area contributed by atoms with Crippen LogP contribution in [-0.2, 0) is 0 Å². The van der Waals surface area contributed by atoms with Gasteiger partial charge in [0.25, 0.3) is 0 Å². The van der Waals surface area contributed by atoms with Crippen LogP contribution in [-0.4, -0.2) is 16.3 Å². The third kappa shape index (κ3) is 1.53. The molecule has 0 aliphatic carbocycles. The Bertz CT molecular complexity index is 430. The molecule has 2 rings (SSSR count). The highest BCUT2D eigenvalue weighted by Crippen LogP contribution is 2.25. The number of nitrogens with zero attached hydrogens (tertiary/aromatic N) is 1. The predicted octanol–water partition coefficient (Wildman–Crippen LogP) is 2.26. The summed E-state index contributed by atoms with van der Waals surface area (Å²) in [6, 6.07) is 4.04. The van der Waals surface area contributed by atoms with Gasteiger partial charge in [0, 0.05) is 11.1 Å². The number of aldehydes is 1. The highest BCUT2D eigenvalue weighted by Gasteiger charge is 2.04. The van der Waals surface area contributed by atoms with E-state index in [-0.39, 0.29) is 0 Å². The number of imidazole rings is 1. The zero-order valence-corrected chi connectivity index (χ0v) is 7.89. The maximum atomic E-state index is 10.4. The molecule has 0 saturated carbocycles. The lowest BCUT2D eigenvalue weighted by molar-refractivity contribution is 0.111. The third-order valence-corrected chi connectivity index (χ3v) is 2.73. The van der Waals surface area contributed by atoms with Crippen molar-refractivity contribution in [3.63, 3.8) is 0 Å². The first kappa shape index (κ1) is 8.19. The Morgan fingerprint density at radius 2 is 2.38 bits per heavy atom. The van der Waals surface area contributed by atoms with Crippen LogP contribution in [0.15, 0.2) is 18.3 Å². The summed E-state index contributed by atoms with van der Waals surface area (Å²) in [5, 5.41) is 0. The second-order valence-corrected chi connectivity index (χ2v) is 3.99. The van der Waals surface area contributed by atoms with E-state index in [1.807, 2.05) is 19.1 Å². The maximum Gasteiger partial charge on any atom is 0.185 e. The van der Waals surface area contributed by atoms with Gasteiger partial charge in [-0.05, 0) is 19.1 Å². The monoisotopic (exact) mass is 192 g/mol. The van der Waals surface area contributed by atoms with Crippen molar-refractivity contribution in [1.82, 2.24) is 9.97 Å². The van der Waals surface area contributed by atoms with Gasteiger partial charge >= 0.3 is 0 Å². The van der Waals surface area contributed by atoms with Gasteiger partial charge in [-0.1, -0.05) is 0 Å². The van der Waals surface area contributed by atoms with Gasteiger partial charge in [-0.25, -0.2) is 4.98 Å². The van der Waals surface area contributed by atoms with Crippen molar-refractivity contribution < 1.29 is 4.79 Å². The molecular formula is C9H8N2OS. The molecule has 2 heterocycles. The minimum Gasteiger partial charge on any atom is -0.342 e. The number of nitrogens with one attached hydrogen (secondary N) is 1. The Hall–Kier alpha value is -1.42. The topological polar surface area (TPSA) is 45.8 Å². The highest BCUT2D eigenvalue weighted by atomic mass is 32.1. The number of carbonyl (C=O) groups is 1. The number of aromatic amines is 1. The second kappa shape index (κ2) is 3.14. The summed E-state index contributed by atoms with van der Waals surface area (Å²) in [4.78, 5) is 19.6. The molecule has 2 aromatic rings. The van der Waals surface area contributed by atoms with Gasteiger partial charge in [0.15, 0.2) is 12.1 Å². The first-order valence-electron chi connectivity index (χ1n) is 3.87. The first-order valence-corrected chi connectivity index (χ1v) is 4.68. The van der Waals surface area contributed by atoms with Crippen molar-refractivity contribution in [1.29, 1.82) is 0 Å². The molecule has 0 saturated heterocycles. The van der Waals surface area contributed by atoms with Crippen LogP contribution in [0.25, 0.3) is 10.6 Å². The summed E-state index contributed by atoms with van der Waals surface area (Å²) in [5.74, 6) is 0.376. The molecule has 0 amide bonds. The summed E-state index contributed by atoms with van der Waals surface area (Å²) in [6.07, 6.45) is 2.46. The lowest BCUT2D eigenvalue weighted by atomic mass is 10.4. The Morgan fingerprint density at radius 1 is 1.54 bits per heavy atom. The molecule has 0 spiro atoms. The van der Waals surface area contributed by atoms with Crippen molar-refractivity contribution in [2.75, 3.05) is 0 Å². The van der Waals surface area contributed by atoms with Gasteiger partial charge in [0.1, 0.15) is 0 Å². The van der Waals surface area contributed by atoms with Crippen LogP contribution in [0, 0.1) is 6.92 Å². The molecular weight excluding hydrogens is 184 g/mol. The van der Waals surface area contributed by atoms with E-state index in [4.69, 9.17) is 0 Å². The molecule has 0 radical (unpaired) electrons. The zero-order chi connectivity index (χ0) is 9.26. The van der Waals surface area contributed by atoms with Crippen molar-refractivity contribution >= 4 is 17.6 Å². The third-order valence-electron chi connectivity index (χ3n) is 1.70. The van der Waals surface area contributed by atoms with Gasteiger partial charge in [0.2, 0.25) is 0 Å². The molecule has 4 heteroatoms. The summed E-state index contributed by atoms with van der Waals surface area (Å²) < 4.78 is 0.